The van der Waals surface area contributed by atoms with Crippen LogP contribution >= 0.6 is 31.9 Å². The van der Waals surface area contributed by atoms with Crippen LogP contribution in [0.4, 0.5) is 17.1 Å². The Morgan fingerprint density at radius 3 is 1.20 bits per heavy atom. The summed E-state index contributed by atoms with van der Waals surface area (Å²) in [6.45, 7) is 19.1. The molecule has 0 spiro atoms. The Labute approximate surface area is 265 Å². The quantitative estimate of drug-likeness (QED) is 0.149. The topological polar surface area (TPSA) is 26.8 Å². The van der Waals surface area contributed by atoms with E-state index in [1.807, 2.05) is 42.5 Å². The van der Waals surface area contributed by atoms with E-state index in [2.05, 4.69) is 130 Å². The summed E-state index contributed by atoms with van der Waals surface area (Å²) in [5, 5.41) is 0. The maximum atomic E-state index is 10.4. The Morgan fingerprint density at radius 1 is 0.610 bits per heavy atom. The second-order valence-corrected chi connectivity index (χ2v) is 11.7. The summed E-state index contributed by atoms with van der Waals surface area (Å²) >= 11 is 6.71. The van der Waals surface area contributed by atoms with Crippen LogP contribution in [0.3, 0.4) is 0 Å². The Balaban J connectivity index is 0.000000309. The molecule has 0 atom stereocenters. The van der Waals surface area contributed by atoms with Crippen molar-refractivity contribution in [2.75, 3.05) is 54.0 Å². The number of carbonyl (C=O) groups excluding carboxylic acids is 1. The van der Waals surface area contributed by atoms with E-state index in [1.54, 1.807) is 0 Å². The van der Waals surface area contributed by atoms with Gasteiger partial charge in [0, 0.05) is 67.5 Å². The second kappa shape index (κ2) is 20.8. The molecule has 0 saturated heterocycles. The SMILES string of the molecule is C#Cc1ccc(N(CC)CC)cc1.CCN(CC)c1ccc(C=C(Br)Br)cc1.CCN(CC)c1ccc(C=O)cc1. The van der Waals surface area contributed by atoms with Crippen LogP contribution in [0.15, 0.2) is 76.2 Å². The highest BCUT2D eigenvalue weighted by Crippen LogP contribution is 2.21. The first kappa shape index (κ1) is 36.0. The fraction of sp³-hybridized carbons (Fsp3) is 0.343. The molecule has 0 fully saturated rings. The van der Waals surface area contributed by atoms with E-state index < -0.39 is 0 Å². The lowest BCUT2D eigenvalue weighted by Gasteiger charge is -2.20. The summed E-state index contributed by atoms with van der Waals surface area (Å²) in [4.78, 5) is 17.3. The minimum atomic E-state index is 0.732. The lowest BCUT2D eigenvalue weighted by atomic mass is 10.2. The summed E-state index contributed by atoms with van der Waals surface area (Å²) in [5.74, 6) is 2.61. The normalized spacial score (nSPS) is 9.63. The molecule has 0 aliphatic heterocycles. The zero-order chi connectivity index (χ0) is 30.6. The van der Waals surface area contributed by atoms with Crippen molar-refractivity contribution < 1.29 is 4.79 Å². The number of terminal acetylenes is 1. The van der Waals surface area contributed by atoms with Gasteiger partial charge in [0.25, 0.3) is 0 Å². The highest BCUT2D eigenvalue weighted by atomic mass is 79.9. The van der Waals surface area contributed by atoms with Gasteiger partial charge in [-0.1, -0.05) is 18.1 Å². The third-order valence-corrected chi connectivity index (χ3v) is 7.08. The molecule has 3 aromatic carbocycles. The van der Waals surface area contributed by atoms with E-state index in [0.29, 0.717) is 0 Å². The molecule has 0 aliphatic rings. The number of hydrogen-bond acceptors (Lipinski definition) is 4. The Bertz CT molecular complexity index is 1180. The van der Waals surface area contributed by atoms with Gasteiger partial charge >= 0.3 is 0 Å². The van der Waals surface area contributed by atoms with Crippen molar-refractivity contribution in [2.45, 2.75) is 41.5 Å². The average molecular weight is 684 g/mol. The molecule has 0 saturated carbocycles. The first-order valence-electron chi connectivity index (χ1n) is 14.3. The highest BCUT2D eigenvalue weighted by molar-refractivity contribution is 9.28. The van der Waals surface area contributed by atoms with Crippen LogP contribution in [0.25, 0.3) is 6.08 Å². The molecule has 0 aliphatic carbocycles. The summed E-state index contributed by atoms with van der Waals surface area (Å²) < 4.78 is 0.964. The Hall–Kier alpha value is -3.01. The van der Waals surface area contributed by atoms with Crippen LogP contribution in [0.5, 0.6) is 0 Å². The van der Waals surface area contributed by atoms with Gasteiger partial charge in [0.1, 0.15) is 6.29 Å². The van der Waals surface area contributed by atoms with E-state index in [0.717, 1.165) is 60.1 Å². The van der Waals surface area contributed by atoms with Crippen LogP contribution in [0.2, 0.25) is 0 Å². The number of nitrogens with zero attached hydrogens (tertiary/aromatic N) is 3. The van der Waals surface area contributed by atoms with E-state index in [1.165, 1.54) is 22.6 Å². The number of halogens is 2. The molecule has 41 heavy (non-hydrogen) atoms. The Morgan fingerprint density at radius 2 is 0.927 bits per heavy atom. The van der Waals surface area contributed by atoms with Crippen LogP contribution in [0.1, 0.15) is 63.0 Å². The molecule has 0 N–H and O–H groups in total. The smallest absolute Gasteiger partial charge is 0.150 e. The van der Waals surface area contributed by atoms with Crippen molar-refractivity contribution >= 4 is 61.3 Å². The van der Waals surface area contributed by atoms with Gasteiger partial charge in [0.05, 0.1) is 3.39 Å². The van der Waals surface area contributed by atoms with Crippen LogP contribution in [0, 0.1) is 12.3 Å². The maximum Gasteiger partial charge on any atom is 0.150 e. The monoisotopic (exact) mass is 681 g/mol. The summed E-state index contributed by atoms with van der Waals surface area (Å²) in [6.07, 6.45) is 8.18. The van der Waals surface area contributed by atoms with Crippen molar-refractivity contribution in [3.8, 4) is 12.3 Å². The van der Waals surface area contributed by atoms with Crippen molar-refractivity contribution in [2.24, 2.45) is 0 Å². The number of carbonyl (C=O) groups is 1. The largest absolute Gasteiger partial charge is 0.372 e. The van der Waals surface area contributed by atoms with E-state index >= 15 is 0 Å². The molecular formula is C35H45Br2N3O. The predicted octanol–water partition coefficient (Wildman–Crippen LogP) is 9.48. The molecule has 0 amide bonds. The zero-order valence-corrected chi connectivity index (χ0v) is 28.6. The minimum Gasteiger partial charge on any atom is -0.372 e. The fourth-order valence-electron chi connectivity index (χ4n) is 4.21. The molecular weight excluding hydrogens is 638 g/mol. The van der Waals surface area contributed by atoms with Gasteiger partial charge in [-0.2, -0.15) is 0 Å². The standard InChI is InChI=1S/C12H15Br2N.C12H15N.C11H15NO/c1-3-15(4-2)11-7-5-10(6-8-11)9-12(13)14;1-4-11-7-9-12(10-8-11)13(5-2)6-3;1-3-12(4-2)11-7-5-10(9-13)6-8-11/h5-9H,3-4H2,1-2H3;1,7-10H,5-6H2,2-3H3;5-9H,3-4H2,1-2H3. The number of rotatable bonds is 11. The summed E-state index contributed by atoms with van der Waals surface area (Å²) in [5.41, 5.74) is 6.56. The number of aldehydes is 1. The van der Waals surface area contributed by atoms with E-state index in [9.17, 15) is 4.79 Å². The van der Waals surface area contributed by atoms with Gasteiger partial charge in [0.15, 0.2) is 0 Å². The van der Waals surface area contributed by atoms with Crippen LogP contribution in [-0.4, -0.2) is 45.6 Å². The third-order valence-electron chi connectivity index (χ3n) is 6.62. The predicted molar refractivity (Wildman–Crippen MR) is 189 cm³/mol. The number of benzene rings is 3. The molecule has 0 radical (unpaired) electrons. The van der Waals surface area contributed by atoms with Crippen molar-refractivity contribution in [3.63, 3.8) is 0 Å². The third kappa shape index (κ3) is 13.0. The van der Waals surface area contributed by atoms with Crippen LogP contribution < -0.4 is 14.7 Å². The van der Waals surface area contributed by atoms with Crippen molar-refractivity contribution in [3.05, 3.63) is 92.9 Å². The van der Waals surface area contributed by atoms with Crippen molar-refractivity contribution in [1.82, 2.24) is 0 Å². The molecule has 4 nitrogen and oxygen atoms in total. The second-order valence-electron chi connectivity index (χ2n) is 8.94. The van der Waals surface area contributed by atoms with E-state index in [4.69, 9.17) is 6.42 Å². The van der Waals surface area contributed by atoms with Gasteiger partial charge in [-0.15, -0.1) is 6.42 Å². The first-order chi connectivity index (χ1) is 19.8. The zero-order valence-electron chi connectivity index (χ0n) is 25.4. The van der Waals surface area contributed by atoms with Gasteiger partial charge in [0.2, 0.25) is 0 Å². The Kier molecular flexibility index (Phi) is 18.3. The first-order valence-corrected chi connectivity index (χ1v) is 15.9. The average Bonchev–Trinajstić information content (AvgIpc) is 3.01. The van der Waals surface area contributed by atoms with Gasteiger partial charge in [-0.25, -0.2) is 0 Å². The van der Waals surface area contributed by atoms with Gasteiger partial charge in [-0.05, 0) is 146 Å². The molecule has 3 rings (SSSR count). The molecule has 6 heteroatoms. The van der Waals surface area contributed by atoms with Crippen LogP contribution in [-0.2, 0) is 0 Å². The highest BCUT2D eigenvalue weighted by Gasteiger charge is 2.02. The number of hydrogen-bond donors (Lipinski definition) is 0. The molecule has 0 unspecified atom stereocenters. The number of anilines is 3. The molecule has 0 aromatic heterocycles. The summed E-state index contributed by atoms with van der Waals surface area (Å²) in [7, 11) is 0. The lowest BCUT2D eigenvalue weighted by Crippen LogP contribution is -2.21. The molecule has 220 valence electrons. The molecule has 0 bridgehead atoms. The van der Waals surface area contributed by atoms with Gasteiger partial charge < -0.3 is 14.7 Å². The molecule has 3 aromatic rings. The van der Waals surface area contributed by atoms with Crippen molar-refractivity contribution in [1.29, 1.82) is 0 Å². The summed E-state index contributed by atoms with van der Waals surface area (Å²) in [6, 6.07) is 24.3. The lowest BCUT2D eigenvalue weighted by molar-refractivity contribution is 0.112. The van der Waals surface area contributed by atoms with Gasteiger partial charge in [-0.3, -0.25) is 4.79 Å². The minimum absolute atomic E-state index is 0.732. The molecule has 0 heterocycles. The fourth-order valence-corrected chi connectivity index (χ4v) is 4.73. The van der Waals surface area contributed by atoms with E-state index in [-0.39, 0.29) is 0 Å². The maximum absolute atomic E-state index is 10.4.